The summed E-state index contributed by atoms with van der Waals surface area (Å²) in [5.41, 5.74) is 1.13. The molecule has 0 aliphatic heterocycles. The van der Waals surface area contributed by atoms with Crippen molar-refractivity contribution in [2.75, 3.05) is 11.9 Å². The van der Waals surface area contributed by atoms with Gasteiger partial charge in [0.15, 0.2) is 5.69 Å². The van der Waals surface area contributed by atoms with Gasteiger partial charge in [0, 0.05) is 12.7 Å². The number of nitrogens with zero attached hydrogens (tertiary/aromatic N) is 2. The second kappa shape index (κ2) is 6.53. The van der Waals surface area contributed by atoms with E-state index in [9.17, 15) is 9.59 Å². The van der Waals surface area contributed by atoms with Gasteiger partial charge in [0.05, 0.1) is 11.6 Å². The van der Waals surface area contributed by atoms with Crippen LogP contribution in [0.2, 0.25) is 0 Å². The number of hydrogen-bond donors (Lipinski definition) is 1. The van der Waals surface area contributed by atoms with E-state index in [-0.39, 0.29) is 11.9 Å². The van der Waals surface area contributed by atoms with Crippen LogP contribution in [0.5, 0.6) is 0 Å². The van der Waals surface area contributed by atoms with Gasteiger partial charge < -0.3 is 10.1 Å². The lowest BCUT2D eigenvalue weighted by molar-refractivity contribution is 0.0531. The summed E-state index contributed by atoms with van der Waals surface area (Å²) in [5.74, 6) is -0.658. The number of carbonyl (C=O) groups is 2. The maximum absolute atomic E-state index is 12.1. The quantitative estimate of drug-likeness (QED) is 0.862. The molecule has 2 heterocycles. The van der Waals surface area contributed by atoms with E-state index in [1.165, 1.54) is 11.3 Å². The van der Waals surface area contributed by atoms with Gasteiger partial charge in [-0.15, -0.1) is 11.3 Å². The number of nitrogens with one attached hydrogen (secondary N) is 1. The molecular formula is C14H17N3O3S. The minimum atomic E-state index is -0.365. The molecule has 0 radical (unpaired) electrons. The highest BCUT2D eigenvalue weighted by Crippen LogP contribution is 2.27. The van der Waals surface area contributed by atoms with E-state index in [4.69, 9.17) is 4.74 Å². The average molecular weight is 307 g/mol. The molecule has 0 saturated carbocycles. The van der Waals surface area contributed by atoms with Crippen LogP contribution in [-0.2, 0) is 11.3 Å². The van der Waals surface area contributed by atoms with Crippen LogP contribution >= 0.6 is 11.3 Å². The molecular weight excluding hydrogens is 290 g/mol. The standard InChI is InChI=1S/C14H17N3O3S/c1-4-17-7-6-10(16-17)13(18)15-11-8-9(3)12(21-11)14(19)20-5-2/h6-8H,4-5H2,1-3H3,(H,15,18). The van der Waals surface area contributed by atoms with E-state index in [1.807, 2.05) is 13.8 Å². The third-order valence-corrected chi connectivity index (χ3v) is 3.95. The molecule has 6 nitrogen and oxygen atoms in total. The van der Waals surface area contributed by atoms with Crippen LogP contribution in [0.25, 0.3) is 0 Å². The Labute approximate surface area is 126 Å². The van der Waals surface area contributed by atoms with Gasteiger partial charge >= 0.3 is 5.97 Å². The largest absolute Gasteiger partial charge is 0.462 e. The normalized spacial score (nSPS) is 10.4. The highest BCUT2D eigenvalue weighted by Gasteiger charge is 2.17. The number of amides is 1. The fraction of sp³-hybridized carbons (Fsp3) is 0.357. The lowest BCUT2D eigenvalue weighted by atomic mass is 10.3. The predicted molar refractivity (Wildman–Crippen MR) is 80.9 cm³/mol. The molecule has 2 aromatic rings. The van der Waals surface area contributed by atoms with E-state index >= 15 is 0 Å². The fourth-order valence-electron chi connectivity index (χ4n) is 1.78. The number of ether oxygens (including phenoxy) is 1. The zero-order chi connectivity index (χ0) is 15.4. The third kappa shape index (κ3) is 3.49. The summed E-state index contributed by atoms with van der Waals surface area (Å²) in [6.07, 6.45) is 1.75. The Balaban J connectivity index is 2.11. The van der Waals surface area contributed by atoms with Gasteiger partial charge in [-0.05, 0) is 38.5 Å². The van der Waals surface area contributed by atoms with Gasteiger partial charge in [-0.3, -0.25) is 9.48 Å². The molecule has 21 heavy (non-hydrogen) atoms. The molecule has 1 N–H and O–H groups in total. The Bertz CT molecular complexity index is 660. The van der Waals surface area contributed by atoms with E-state index in [1.54, 1.807) is 29.9 Å². The van der Waals surface area contributed by atoms with Crippen molar-refractivity contribution in [3.63, 3.8) is 0 Å². The molecule has 2 rings (SSSR count). The Morgan fingerprint density at radius 3 is 2.81 bits per heavy atom. The van der Waals surface area contributed by atoms with Crippen LogP contribution in [0.4, 0.5) is 5.00 Å². The molecule has 0 spiro atoms. The molecule has 0 atom stereocenters. The summed E-state index contributed by atoms with van der Waals surface area (Å²) in [6.45, 7) is 6.55. The van der Waals surface area contributed by atoms with Crippen molar-refractivity contribution in [3.8, 4) is 0 Å². The molecule has 0 saturated heterocycles. The lowest BCUT2D eigenvalue weighted by Crippen LogP contribution is -2.12. The first kappa shape index (κ1) is 15.2. The highest BCUT2D eigenvalue weighted by atomic mass is 32.1. The molecule has 0 aromatic carbocycles. The topological polar surface area (TPSA) is 73.2 Å². The number of carbonyl (C=O) groups excluding carboxylic acids is 2. The monoisotopic (exact) mass is 307 g/mol. The van der Waals surface area contributed by atoms with Crippen molar-refractivity contribution < 1.29 is 14.3 Å². The van der Waals surface area contributed by atoms with Gasteiger partial charge in [-0.25, -0.2) is 4.79 Å². The zero-order valence-electron chi connectivity index (χ0n) is 12.2. The minimum Gasteiger partial charge on any atom is -0.462 e. The number of thiophene rings is 1. The number of hydrogen-bond acceptors (Lipinski definition) is 5. The summed E-state index contributed by atoms with van der Waals surface area (Å²) in [5, 5.41) is 7.49. The number of aryl methyl sites for hydroxylation is 2. The first-order valence-corrected chi connectivity index (χ1v) is 7.49. The summed E-state index contributed by atoms with van der Waals surface area (Å²) in [6, 6.07) is 3.41. The van der Waals surface area contributed by atoms with Crippen LogP contribution in [0.15, 0.2) is 18.3 Å². The van der Waals surface area contributed by atoms with Crippen LogP contribution in [-0.4, -0.2) is 28.3 Å². The number of esters is 1. The van der Waals surface area contributed by atoms with E-state index < -0.39 is 0 Å². The molecule has 1 amide bonds. The number of anilines is 1. The van der Waals surface area contributed by atoms with E-state index in [0.717, 1.165) is 5.56 Å². The second-order valence-corrected chi connectivity index (χ2v) is 5.41. The second-order valence-electron chi connectivity index (χ2n) is 4.35. The van der Waals surface area contributed by atoms with Crippen LogP contribution in [0.3, 0.4) is 0 Å². The Kier molecular flexibility index (Phi) is 4.74. The molecule has 7 heteroatoms. The Hall–Kier alpha value is -2.15. The zero-order valence-corrected chi connectivity index (χ0v) is 13.0. The summed E-state index contributed by atoms with van der Waals surface area (Å²) in [4.78, 5) is 24.3. The molecule has 0 unspecified atom stereocenters. The molecule has 0 aliphatic carbocycles. The van der Waals surface area contributed by atoms with Gasteiger partial charge in [0.2, 0.25) is 0 Å². The van der Waals surface area contributed by atoms with Crippen molar-refractivity contribution in [2.45, 2.75) is 27.3 Å². The van der Waals surface area contributed by atoms with Crippen molar-refractivity contribution >= 4 is 28.2 Å². The Morgan fingerprint density at radius 1 is 1.43 bits per heavy atom. The van der Waals surface area contributed by atoms with Crippen LogP contribution in [0.1, 0.15) is 39.6 Å². The number of aromatic nitrogens is 2. The summed E-state index contributed by atoms with van der Waals surface area (Å²) < 4.78 is 6.65. The van der Waals surface area contributed by atoms with E-state index in [2.05, 4.69) is 10.4 Å². The van der Waals surface area contributed by atoms with Crippen molar-refractivity contribution in [1.29, 1.82) is 0 Å². The third-order valence-electron chi connectivity index (χ3n) is 2.81. The first-order chi connectivity index (χ1) is 10.0. The maximum Gasteiger partial charge on any atom is 0.348 e. The van der Waals surface area contributed by atoms with E-state index in [0.29, 0.717) is 28.7 Å². The van der Waals surface area contributed by atoms with Crippen LogP contribution in [0, 0.1) is 6.92 Å². The average Bonchev–Trinajstić information content (AvgIpc) is 3.05. The molecule has 112 valence electrons. The highest BCUT2D eigenvalue weighted by molar-refractivity contribution is 7.18. The smallest absolute Gasteiger partial charge is 0.348 e. The molecule has 0 aliphatic rings. The summed E-state index contributed by atoms with van der Waals surface area (Å²) in [7, 11) is 0. The van der Waals surface area contributed by atoms with Gasteiger partial charge in [0.25, 0.3) is 5.91 Å². The SMILES string of the molecule is CCOC(=O)c1sc(NC(=O)c2ccn(CC)n2)cc1C. The maximum atomic E-state index is 12.1. The molecule has 0 fully saturated rings. The minimum absolute atomic E-state index is 0.293. The van der Waals surface area contributed by atoms with Crippen LogP contribution < -0.4 is 5.32 Å². The Morgan fingerprint density at radius 2 is 2.19 bits per heavy atom. The van der Waals surface area contributed by atoms with Crippen molar-refractivity contribution in [3.05, 3.63) is 34.5 Å². The molecule has 0 bridgehead atoms. The number of rotatable bonds is 5. The lowest BCUT2D eigenvalue weighted by Gasteiger charge is -2.00. The predicted octanol–water partition coefficient (Wildman–Crippen LogP) is 2.70. The summed E-state index contributed by atoms with van der Waals surface area (Å²) >= 11 is 1.20. The van der Waals surface area contributed by atoms with Gasteiger partial charge in [-0.2, -0.15) is 5.10 Å². The fourth-order valence-corrected chi connectivity index (χ4v) is 2.74. The molecule has 2 aromatic heterocycles. The van der Waals surface area contributed by atoms with Crippen molar-refractivity contribution in [2.24, 2.45) is 0 Å². The van der Waals surface area contributed by atoms with Gasteiger partial charge in [0.1, 0.15) is 4.88 Å². The van der Waals surface area contributed by atoms with Crippen molar-refractivity contribution in [1.82, 2.24) is 9.78 Å². The first-order valence-electron chi connectivity index (χ1n) is 6.67. The van der Waals surface area contributed by atoms with Gasteiger partial charge in [-0.1, -0.05) is 0 Å².